The molecule has 1 aliphatic heterocycles. The van der Waals surface area contributed by atoms with Crippen LogP contribution in [0.5, 0.6) is 0 Å². The molecule has 0 aromatic carbocycles. The zero-order valence-electron chi connectivity index (χ0n) is 26.4. The number of Topliss-reactive ketones (excluding diaryl/α,β-unsaturated/α-hetero) is 1. The Labute approximate surface area is 255 Å². The van der Waals surface area contributed by atoms with E-state index in [0.29, 0.717) is 19.4 Å². The topological polar surface area (TPSA) is 151 Å². The third-order valence-electron chi connectivity index (χ3n) is 9.37. The Hall–Kier alpha value is -2.30. The summed E-state index contributed by atoms with van der Waals surface area (Å²) in [6.07, 6.45) is 10.8. The largest absolute Gasteiger partial charge is 0.363 e. The smallest absolute Gasteiger partial charge is 0.315 e. The summed E-state index contributed by atoms with van der Waals surface area (Å²) in [4.78, 5) is 67.2. The number of primary amides is 1. The van der Waals surface area contributed by atoms with Crippen molar-refractivity contribution < 1.29 is 24.0 Å². The zero-order valence-corrected chi connectivity index (χ0v) is 27.2. The van der Waals surface area contributed by atoms with Gasteiger partial charge in [0.25, 0.3) is 5.91 Å². The molecule has 0 aromatic rings. The molecule has 0 spiro atoms. The predicted octanol–water partition coefficient (Wildman–Crippen LogP) is 3.37. The quantitative estimate of drug-likeness (QED) is 0.236. The maximum atomic E-state index is 14.2. The fourth-order valence-corrected chi connectivity index (χ4v) is 6.98. The summed E-state index contributed by atoms with van der Waals surface area (Å²) in [5.41, 5.74) is 4.38. The van der Waals surface area contributed by atoms with Gasteiger partial charge in [-0.1, -0.05) is 66.7 Å². The van der Waals surface area contributed by atoms with Crippen molar-refractivity contribution >= 4 is 41.3 Å². The second-order valence-corrected chi connectivity index (χ2v) is 15.2. The monoisotopic (exact) mass is 607 g/mol. The molecule has 5 N–H and O–H groups in total. The van der Waals surface area contributed by atoms with Crippen molar-refractivity contribution in [1.29, 1.82) is 0 Å². The van der Waals surface area contributed by atoms with Gasteiger partial charge in [-0.05, 0) is 67.3 Å². The van der Waals surface area contributed by atoms with E-state index in [0.717, 1.165) is 57.1 Å². The van der Waals surface area contributed by atoms with Crippen LogP contribution in [0.2, 0.25) is 0 Å². The Morgan fingerprint density at radius 1 is 1.02 bits per heavy atom. The molecule has 3 rings (SSSR count). The molecule has 2 aliphatic carbocycles. The highest BCUT2D eigenvalue weighted by Crippen LogP contribution is 2.35. The molecule has 238 valence electrons. The minimum Gasteiger partial charge on any atom is -0.363 e. The Morgan fingerprint density at radius 2 is 1.67 bits per heavy atom. The van der Waals surface area contributed by atoms with E-state index in [1.54, 1.807) is 16.7 Å². The molecule has 10 nitrogen and oxygen atoms in total. The van der Waals surface area contributed by atoms with E-state index in [1.807, 2.05) is 20.8 Å². The zero-order chi connectivity index (χ0) is 31.2. The summed E-state index contributed by atoms with van der Waals surface area (Å²) in [7, 11) is 0. The molecule has 3 aliphatic rings. The van der Waals surface area contributed by atoms with Crippen LogP contribution in [0.3, 0.4) is 0 Å². The molecule has 5 amide bonds. The molecule has 0 aromatic heterocycles. The van der Waals surface area contributed by atoms with Gasteiger partial charge in [0.05, 0.1) is 6.04 Å². The first kappa shape index (κ1) is 34.2. The lowest BCUT2D eigenvalue weighted by molar-refractivity contribution is -0.143. The van der Waals surface area contributed by atoms with E-state index in [-0.39, 0.29) is 35.2 Å². The second kappa shape index (κ2) is 14.4. The van der Waals surface area contributed by atoms with Crippen LogP contribution < -0.4 is 21.7 Å². The van der Waals surface area contributed by atoms with E-state index in [4.69, 9.17) is 5.73 Å². The predicted molar refractivity (Wildman–Crippen MR) is 166 cm³/mol. The summed E-state index contributed by atoms with van der Waals surface area (Å²) < 4.78 is 0. The summed E-state index contributed by atoms with van der Waals surface area (Å²) in [6.45, 7) is 10.2. The van der Waals surface area contributed by atoms with E-state index in [1.165, 1.54) is 0 Å². The van der Waals surface area contributed by atoms with E-state index in [2.05, 4.69) is 36.1 Å². The fraction of sp³-hybridized carbons (Fsp3) is 0.839. The number of hydrogen-bond acceptors (Lipinski definition) is 6. The molecule has 4 atom stereocenters. The van der Waals surface area contributed by atoms with E-state index >= 15 is 0 Å². The number of nitrogens with one attached hydrogen (secondary N) is 3. The standard InChI is InChI=1S/C31H53N5O5S/c1-19(2)21-17-23(27(39)33-22(16-20-10-11-20)24(37)26(32)38)36(18-21)28(40)25(30(3,4)5)34-29(41)35-31(14-15-42-6)12-8-7-9-13-31/h19-23,25H,7-18H2,1-6H3,(H2,32,38)(H,33,39)(H2,34,35,41)/t21?,22?,23-,25+/m0/s1. The molecular formula is C31H53N5O5S. The molecule has 11 heteroatoms. The number of nitrogens with zero attached hydrogens (tertiary/aromatic N) is 1. The SMILES string of the molecule is CSCCC1(NC(=O)N[C@H](C(=O)N2CC(C(C)C)C[C@H]2C(=O)NC(CC2CC2)C(=O)C(N)=O)C(C)(C)C)CCCCC1. The number of ketones is 1. The lowest BCUT2D eigenvalue weighted by Crippen LogP contribution is -2.62. The van der Waals surface area contributed by atoms with Crippen LogP contribution in [0, 0.1) is 23.2 Å². The fourth-order valence-electron chi connectivity index (χ4n) is 6.39. The van der Waals surface area contributed by atoms with Gasteiger partial charge in [-0.25, -0.2) is 4.79 Å². The minimum atomic E-state index is -1.07. The normalized spacial score (nSPS) is 23.6. The first-order valence-corrected chi connectivity index (χ1v) is 17.1. The summed E-state index contributed by atoms with van der Waals surface area (Å²) in [5.74, 6) is -1.13. The van der Waals surface area contributed by atoms with Crippen LogP contribution in [0.1, 0.15) is 98.8 Å². The Bertz CT molecular complexity index is 1000. The lowest BCUT2D eigenvalue weighted by Gasteiger charge is -2.40. The van der Waals surface area contributed by atoms with Crippen LogP contribution in [0.15, 0.2) is 0 Å². The van der Waals surface area contributed by atoms with Crippen LogP contribution in [0.4, 0.5) is 4.79 Å². The maximum Gasteiger partial charge on any atom is 0.315 e. The molecule has 42 heavy (non-hydrogen) atoms. The Kier molecular flexibility index (Phi) is 11.8. The van der Waals surface area contributed by atoms with Gasteiger partial charge in [-0.15, -0.1) is 0 Å². The number of hydrogen-bond donors (Lipinski definition) is 4. The Balaban J connectivity index is 1.80. The molecule has 0 bridgehead atoms. The van der Waals surface area contributed by atoms with Crippen molar-refractivity contribution in [2.75, 3.05) is 18.6 Å². The lowest BCUT2D eigenvalue weighted by atomic mass is 9.79. The molecule has 2 saturated carbocycles. The van der Waals surface area contributed by atoms with Gasteiger partial charge in [0.15, 0.2) is 0 Å². The highest BCUT2D eigenvalue weighted by molar-refractivity contribution is 7.98. The van der Waals surface area contributed by atoms with Gasteiger partial charge >= 0.3 is 6.03 Å². The van der Waals surface area contributed by atoms with Gasteiger partial charge in [-0.3, -0.25) is 19.2 Å². The number of thioether (sulfide) groups is 1. The number of urea groups is 1. The van der Waals surface area contributed by atoms with Gasteiger partial charge < -0.3 is 26.6 Å². The van der Waals surface area contributed by atoms with Gasteiger partial charge in [-0.2, -0.15) is 11.8 Å². The van der Waals surface area contributed by atoms with Crippen molar-refractivity contribution in [3.63, 3.8) is 0 Å². The van der Waals surface area contributed by atoms with Crippen molar-refractivity contribution in [3.8, 4) is 0 Å². The molecular weight excluding hydrogens is 554 g/mol. The number of likely N-dealkylation sites (tertiary alicyclic amines) is 1. The molecule has 3 fully saturated rings. The third-order valence-corrected chi connectivity index (χ3v) is 9.98. The Morgan fingerprint density at radius 3 is 2.19 bits per heavy atom. The number of rotatable bonds is 13. The van der Waals surface area contributed by atoms with Crippen molar-refractivity contribution in [2.45, 2.75) is 122 Å². The van der Waals surface area contributed by atoms with Crippen LogP contribution in [-0.2, 0) is 19.2 Å². The summed E-state index contributed by atoms with van der Waals surface area (Å²) in [5, 5.41) is 9.02. The van der Waals surface area contributed by atoms with Crippen molar-refractivity contribution in [3.05, 3.63) is 0 Å². The van der Waals surface area contributed by atoms with E-state index < -0.39 is 41.1 Å². The highest BCUT2D eigenvalue weighted by Gasteiger charge is 2.47. The number of amides is 5. The number of nitrogens with two attached hydrogens (primary N) is 1. The average Bonchev–Trinajstić information content (AvgIpc) is 3.62. The minimum absolute atomic E-state index is 0.0740. The molecule has 0 radical (unpaired) electrons. The van der Waals surface area contributed by atoms with Crippen LogP contribution >= 0.6 is 11.8 Å². The third kappa shape index (κ3) is 9.10. The van der Waals surface area contributed by atoms with Gasteiger partial charge in [0, 0.05) is 12.1 Å². The van der Waals surface area contributed by atoms with E-state index in [9.17, 15) is 24.0 Å². The number of carbonyl (C=O) groups is 5. The first-order valence-electron chi connectivity index (χ1n) is 15.7. The molecule has 1 heterocycles. The summed E-state index contributed by atoms with van der Waals surface area (Å²) in [6, 6.07) is -3.03. The second-order valence-electron chi connectivity index (χ2n) is 14.2. The van der Waals surface area contributed by atoms with Crippen LogP contribution in [-0.4, -0.2) is 76.7 Å². The molecule has 1 saturated heterocycles. The van der Waals surface area contributed by atoms with Gasteiger partial charge in [0.1, 0.15) is 12.1 Å². The first-order chi connectivity index (χ1) is 19.7. The highest BCUT2D eigenvalue weighted by atomic mass is 32.2. The average molecular weight is 608 g/mol. The maximum absolute atomic E-state index is 14.2. The molecule has 2 unspecified atom stereocenters. The van der Waals surface area contributed by atoms with Crippen LogP contribution in [0.25, 0.3) is 0 Å². The van der Waals surface area contributed by atoms with Crippen molar-refractivity contribution in [1.82, 2.24) is 20.9 Å². The number of carbonyl (C=O) groups excluding carboxylic acids is 5. The van der Waals surface area contributed by atoms with Crippen molar-refractivity contribution in [2.24, 2.45) is 28.9 Å². The van der Waals surface area contributed by atoms with Gasteiger partial charge in [0.2, 0.25) is 17.6 Å². The summed E-state index contributed by atoms with van der Waals surface area (Å²) >= 11 is 1.76.